The van der Waals surface area contributed by atoms with Crippen molar-refractivity contribution in [2.24, 2.45) is 0 Å². The first kappa shape index (κ1) is 23.2. The number of hydrogen-bond donors (Lipinski definition) is 0. The summed E-state index contributed by atoms with van der Waals surface area (Å²) in [7, 11) is 1.49. The van der Waals surface area contributed by atoms with Gasteiger partial charge in [0.15, 0.2) is 0 Å². The van der Waals surface area contributed by atoms with Crippen LogP contribution in [0.5, 0.6) is 5.75 Å². The van der Waals surface area contributed by atoms with Crippen molar-refractivity contribution in [2.75, 3.05) is 7.11 Å². The number of carbonyl (C=O) groups is 1. The van der Waals surface area contributed by atoms with E-state index in [1.165, 1.54) is 13.2 Å². The fourth-order valence-corrected chi connectivity index (χ4v) is 3.60. The van der Waals surface area contributed by atoms with Gasteiger partial charge in [-0.1, -0.05) is 0 Å². The molecule has 0 fully saturated rings. The molecule has 0 aliphatic heterocycles. The van der Waals surface area contributed by atoms with Crippen molar-refractivity contribution < 1.29 is 31.9 Å². The predicted molar refractivity (Wildman–Crippen MR) is 112 cm³/mol. The maximum absolute atomic E-state index is 12.9. The van der Waals surface area contributed by atoms with Crippen molar-refractivity contribution in [3.05, 3.63) is 63.0 Å². The average Bonchev–Trinajstić information content (AvgIpc) is 3.21. The first-order chi connectivity index (χ1) is 16.1. The second-order valence-electron chi connectivity index (χ2n) is 7.52. The molecule has 0 unspecified atom stereocenters. The number of carbonyl (C=O) groups excluding carboxylic acids is 1. The molecular weight excluding hydrogens is 457 g/mol. The van der Waals surface area contributed by atoms with E-state index < -0.39 is 23.6 Å². The van der Waals surface area contributed by atoms with Gasteiger partial charge in [0, 0.05) is 40.9 Å². The van der Waals surface area contributed by atoms with Crippen LogP contribution in [0, 0.1) is 13.8 Å². The summed E-state index contributed by atoms with van der Waals surface area (Å²) in [6.07, 6.45) is -4.57. The molecule has 1 aromatic carbocycles. The van der Waals surface area contributed by atoms with E-state index in [0.29, 0.717) is 39.2 Å². The van der Waals surface area contributed by atoms with Gasteiger partial charge >= 0.3 is 17.8 Å². The maximum Gasteiger partial charge on any atom is 0.453 e. The fourth-order valence-electron chi connectivity index (χ4n) is 3.60. The van der Waals surface area contributed by atoms with Gasteiger partial charge in [-0.3, -0.25) is 4.79 Å². The molecule has 0 bridgehead atoms. The van der Waals surface area contributed by atoms with Crippen molar-refractivity contribution in [1.82, 2.24) is 19.6 Å². The van der Waals surface area contributed by atoms with Crippen LogP contribution in [0.25, 0.3) is 16.7 Å². The van der Waals surface area contributed by atoms with Gasteiger partial charge < -0.3 is 13.9 Å². The molecule has 0 aliphatic rings. The van der Waals surface area contributed by atoms with E-state index in [1.54, 1.807) is 32.0 Å². The third kappa shape index (κ3) is 4.56. The Morgan fingerprint density at radius 2 is 1.94 bits per heavy atom. The number of hydrogen-bond acceptors (Lipinski definition) is 8. The molecule has 0 saturated heterocycles. The highest BCUT2D eigenvalue weighted by atomic mass is 19.4. The van der Waals surface area contributed by atoms with E-state index in [0.717, 1.165) is 4.52 Å². The molecule has 0 radical (unpaired) electrons. The Morgan fingerprint density at radius 3 is 2.65 bits per heavy atom. The Kier molecular flexibility index (Phi) is 5.98. The molecule has 0 saturated carbocycles. The van der Waals surface area contributed by atoms with Gasteiger partial charge in [-0.15, -0.1) is 5.10 Å². The quantitative estimate of drug-likeness (QED) is 0.307. The minimum absolute atomic E-state index is 0.0527. The number of rotatable bonds is 6. The molecule has 4 rings (SSSR count). The lowest BCUT2D eigenvalue weighted by Crippen LogP contribution is -2.11. The molecule has 4 aromatic rings. The average molecular weight is 476 g/mol. The zero-order valence-corrected chi connectivity index (χ0v) is 18.4. The number of nitrogens with zero attached hydrogens (tertiary/aromatic N) is 4. The zero-order valence-electron chi connectivity index (χ0n) is 18.4. The highest BCUT2D eigenvalue weighted by molar-refractivity contribution is 5.81. The lowest BCUT2D eigenvalue weighted by atomic mass is 10.1. The fraction of sp³-hybridized carbons (Fsp3) is 0.318. The molecule has 34 heavy (non-hydrogen) atoms. The monoisotopic (exact) mass is 476 g/mol. The largest absolute Gasteiger partial charge is 0.497 e. The highest BCUT2D eigenvalue weighted by Gasteiger charge is 2.37. The van der Waals surface area contributed by atoms with Crippen molar-refractivity contribution in [3.8, 4) is 5.75 Å². The highest BCUT2D eigenvalue weighted by Crippen LogP contribution is 2.27. The van der Waals surface area contributed by atoms with Crippen LogP contribution in [-0.4, -0.2) is 32.7 Å². The summed E-state index contributed by atoms with van der Waals surface area (Å²) in [6.45, 7) is 3.06. The minimum Gasteiger partial charge on any atom is -0.497 e. The summed E-state index contributed by atoms with van der Waals surface area (Å²) >= 11 is 0. The number of aromatic nitrogens is 4. The third-order valence-electron chi connectivity index (χ3n) is 5.31. The van der Waals surface area contributed by atoms with Gasteiger partial charge in [0.05, 0.1) is 7.11 Å². The van der Waals surface area contributed by atoms with Crippen LogP contribution in [0.1, 0.15) is 34.8 Å². The lowest BCUT2D eigenvalue weighted by molar-refractivity contribution is -0.145. The number of alkyl halides is 3. The van der Waals surface area contributed by atoms with E-state index >= 15 is 0 Å². The van der Waals surface area contributed by atoms with Crippen LogP contribution < -0.4 is 10.4 Å². The van der Waals surface area contributed by atoms with Crippen LogP contribution >= 0.6 is 0 Å². The molecule has 12 heteroatoms. The van der Waals surface area contributed by atoms with Crippen LogP contribution in [-0.2, 0) is 28.7 Å². The van der Waals surface area contributed by atoms with E-state index in [4.69, 9.17) is 13.9 Å². The van der Waals surface area contributed by atoms with E-state index in [2.05, 4.69) is 15.1 Å². The van der Waals surface area contributed by atoms with Gasteiger partial charge in [-0.2, -0.15) is 18.2 Å². The van der Waals surface area contributed by atoms with Crippen LogP contribution in [0.2, 0.25) is 0 Å². The molecular formula is C22H19F3N4O5. The summed E-state index contributed by atoms with van der Waals surface area (Å²) < 4.78 is 55.5. The first-order valence-corrected chi connectivity index (χ1v) is 10.1. The van der Waals surface area contributed by atoms with Gasteiger partial charge in [0.25, 0.3) is 11.6 Å². The van der Waals surface area contributed by atoms with Crippen molar-refractivity contribution in [3.63, 3.8) is 0 Å². The van der Waals surface area contributed by atoms with E-state index in [1.807, 2.05) is 0 Å². The number of esters is 1. The topological polar surface area (TPSA) is 109 Å². The second-order valence-corrected chi connectivity index (χ2v) is 7.52. The van der Waals surface area contributed by atoms with Crippen LogP contribution in [0.3, 0.4) is 0 Å². The number of fused-ring (bicyclic) bond motifs is 2. The number of halogens is 3. The zero-order chi connectivity index (χ0) is 24.6. The lowest BCUT2D eigenvalue weighted by Gasteiger charge is -2.11. The molecule has 0 N–H and O–H groups in total. The third-order valence-corrected chi connectivity index (χ3v) is 5.31. The normalized spacial score (nSPS) is 11.8. The standard InChI is InChI=1S/C22H19F3N4O5/c1-11-15(12(2)29-21(26-11)27-20(28-29)22(23,24)25)6-7-18(30)33-10-13-8-19(31)34-17-9-14(32-3)4-5-16(13)17/h4-5,8-9H,6-7,10H2,1-3H3. The number of aryl methyl sites for hydroxylation is 2. The Hall–Kier alpha value is -3.96. The van der Waals surface area contributed by atoms with Gasteiger partial charge in [0.1, 0.15) is 17.9 Å². The molecule has 178 valence electrons. The van der Waals surface area contributed by atoms with Crippen molar-refractivity contribution in [1.29, 1.82) is 0 Å². The Labute approximate surface area is 190 Å². The maximum atomic E-state index is 12.9. The van der Waals surface area contributed by atoms with Crippen molar-refractivity contribution in [2.45, 2.75) is 39.5 Å². The van der Waals surface area contributed by atoms with Gasteiger partial charge in [-0.05, 0) is 38.0 Å². The predicted octanol–water partition coefficient (Wildman–Crippen LogP) is 3.55. The number of ether oxygens (including phenoxy) is 2. The number of benzene rings is 1. The van der Waals surface area contributed by atoms with Gasteiger partial charge in [0.2, 0.25) is 0 Å². The summed E-state index contributed by atoms with van der Waals surface area (Å²) in [5, 5.41) is 4.09. The van der Waals surface area contributed by atoms with Crippen LogP contribution in [0.4, 0.5) is 13.2 Å². The Morgan fingerprint density at radius 1 is 1.18 bits per heavy atom. The molecule has 3 heterocycles. The summed E-state index contributed by atoms with van der Waals surface area (Å²) in [5.74, 6) is -1.49. The van der Waals surface area contributed by atoms with Crippen LogP contribution in [0.15, 0.2) is 33.5 Å². The van der Waals surface area contributed by atoms with E-state index in [9.17, 15) is 22.8 Å². The molecule has 0 spiro atoms. The first-order valence-electron chi connectivity index (χ1n) is 10.1. The Balaban J connectivity index is 1.48. The summed E-state index contributed by atoms with van der Waals surface area (Å²) in [4.78, 5) is 31.8. The van der Waals surface area contributed by atoms with E-state index in [-0.39, 0.29) is 25.2 Å². The molecule has 0 amide bonds. The second kappa shape index (κ2) is 8.76. The summed E-state index contributed by atoms with van der Waals surface area (Å²) in [6, 6.07) is 6.19. The molecule has 0 atom stereocenters. The SMILES string of the molecule is COc1ccc2c(COC(=O)CCc3c(C)nc4nc(C(F)(F)F)nn4c3C)cc(=O)oc2c1. The molecule has 3 aromatic heterocycles. The van der Waals surface area contributed by atoms with Gasteiger partial charge in [-0.25, -0.2) is 14.3 Å². The molecule has 0 aliphatic carbocycles. The van der Waals surface area contributed by atoms with Crippen molar-refractivity contribution >= 4 is 22.7 Å². The summed E-state index contributed by atoms with van der Waals surface area (Å²) in [5.41, 5.74) is 1.59. The Bertz CT molecular complexity index is 1460. The number of methoxy groups -OCH3 is 1. The minimum atomic E-state index is -4.69. The smallest absolute Gasteiger partial charge is 0.453 e. The molecule has 9 nitrogen and oxygen atoms in total.